The Morgan fingerprint density at radius 1 is 1.14 bits per heavy atom. The Morgan fingerprint density at radius 2 is 1.81 bits per heavy atom. The number of methoxy groups -OCH3 is 1. The van der Waals surface area contributed by atoms with E-state index in [4.69, 9.17) is 4.74 Å². The van der Waals surface area contributed by atoms with Crippen LogP contribution in [0.15, 0.2) is 53.0 Å². The SMILES string of the molecule is COc1ccc(C(C)(C)NC(=O)c2cccc(Br)c2)cc1. The van der Waals surface area contributed by atoms with Gasteiger partial charge in [-0.15, -0.1) is 0 Å². The van der Waals surface area contributed by atoms with Gasteiger partial charge in [-0.2, -0.15) is 0 Å². The van der Waals surface area contributed by atoms with Crippen LogP contribution in [-0.2, 0) is 5.54 Å². The van der Waals surface area contributed by atoms with Crippen LogP contribution >= 0.6 is 15.9 Å². The molecule has 0 saturated carbocycles. The summed E-state index contributed by atoms with van der Waals surface area (Å²) >= 11 is 3.38. The van der Waals surface area contributed by atoms with Gasteiger partial charge in [0.25, 0.3) is 5.91 Å². The molecule has 1 amide bonds. The Morgan fingerprint density at radius 3 is 2.38 bits per heavy atom. The van der Waals surface area contributed by atoms with E-state index in [1.165, 1.54) is 0 Å². The van der Waals surface area contributed by atoms with Crippen molar-refractivity contribution in [2.45, 2.75) is 19.4 Å². The Balaban J connectivity index is 2.17. The molecule has 4 heteroatoms. The van der Waals surface area contributed by atoms with Crippen molar-refractivity contribution in [1.29, 1.82) is 0 Å². The van der Waals surface area contributed by atoms with Crippen molar-refractivity contribution in [3.8, 4) is 5.75 Å². The molecule has 0 saturated heterocycles. The molecule has 0 atom stereocenters. The number of nitrogens with one attached hydrogen (secondary N) is 1. The maximum Gasteiger partial charge on any atom is 0.251 e. The van der Waals surface area contributed by atoms with E-state index < -0.39 is 5.54 Å². The number of halogens is 1. The minimum atomic E-state index is -0.467. The maximum atomic E-state index is 12.4. The van der Waals surface area contributed by atoms with E-state index in [-0.39, 0.29) is 5.91 Å². The second-order valence-corrected chi connectivity index (χ2v) is 6.23. The van der Waals surface area contributed by atoms with Crippen molar-refractivity contribution in [2.75, 3.05) is 7.11 Å². The summed E-state index contributed by atoms with van der Waals surface area (Å²) in [6.45, 7) is 3.95. The summed E-state index contributed by atoms with van der Waals surface area (Å²) in [6, 6.07) is 15.0. The zero-order valence-electron chi connectivity index (χ0n) is 12.3. The van der Waals surface area contributed by atoms with Crippen molar-refractivity contribution in [3.63, 3.8) is 0 Å². The van der Waals surface area contributed by atoms with Gasteiger partial charge in [0, 0.05) is 10.0 Å². The Labute approximate surface area is 133 Å². The first-order valence-electron chi connectivity index (χ1n) is 6.65. The maximum absolute atomic E-state index is 12.4. The number of hydrogen-bond acceptors (Lipinski definition) is 2. The van der Waals surface area contributed by atoms with Gasteiger partial charge in [-0.1, -0.05) is 34.1 Å². The lowest BCUT2D eigenvalue weighted by atomic mass is 9.93. The first kappa shape index (κ1) is 15.6. The number of benzene rings is 2. The molecule has 0 aliphatic carbocycles. The molecule has 110 valence electrons. The number of amides is 1. The highest BCUT2D eigenvalue weighted by Crippen LogP contribution is 2.23. The van der Waals surface area contributed by atoms with Crippen LogP contribution in [0.3, 0.4) is 0 Å². The first-order valence-corrected chi connectivity index (χ1v) is 7.44. The molecule has 0 heterocycles. The highest BCUT2D eigenvalue weighted by atomic mass is 79.9. The minimum absolute atomic E-state index is 0.0999. The van der Waals surface area contributed by atoms with Crippen LogP contribution < -0.4 is 10.1 Å². The number of carbonyl (C=O) groups excluding carboxylic acids is 1. The predicted molar refractivity (Wildman–Crippen MR) is 87.6 cm³/mol. The topological polar surface area (TPSA) is 38.3 Å². The molecule has 21 heavy (non-hydrogen) atoms. The van der Waals surface area contributed by atoms with Crippen LogP contribution in [0.25, 0.3) is 0 Å². The van der Waals surface area contributed by atoms with Gasteiger partial charge in [0.05, 0.1) is 12.6 Å². The van der Waals surface area contributed by atoms with Gasteiger partial charge in [0.1, 0.15) is 5.75 Å². The van der Waals surface area contributed by atoms with E-state index in [0.29, 0.717) is 5.56 Å². The fourth-order valence-corrected chi connectivity index (χ4v) is 2.46. The summed E-state index contributed by atoms with van der Waals surface area (Å²) < 4.78 is 6.04. The van der Waals surface area contributed by atoms with E-state index >= 15 is 0 Å². The molecule has 0 radical (unpaired) electrons. The van der Waals surface area contributed by atoms with Gasteiger partial charge in [0.15, 0.2) is 0 Å². The molecule has 0 aliphatic rings. The van der Waals surface area contributed by atoms with Crippen molar-refractivity contribution in [1.82, 2.24) is 5.32 Å². The molecule has 0 bridgehead atoms. The second-order valence-electron chi connectivity index (χ2n) is 5.32. The lowest BCUT2D eigenvalue weighted by Gasteiger charge is -2.27. The average Bonchev–Trinajstić information content (AvgIpc) is 2.47. The fourth-order valence-electron chi connectivity index (χ4n) is 2.07. The van der Waals surface area contributed by atoms with Crippen molar-refractivity contribution >= 4 is 21.8 Å². The molecule has 0 aromatic heterocycles. The third-order valence-electron chi connectivity index (χ3n) is 3.32. The zero-order valence-corrected chi connectivity index (χ0v) is 13.9. The van der Waals surface area contributed by atoms with Gasteiger partial charge in [-0.3, -0.25) is 4.79 Å². The summed E-state index contributed by atoms with van der Waals surface area (Å²) in [5.74, 6) is 0.699. The Bertz CT molecular complexity index is 635. The van der Waals surface area contributed by atoms with Crippen LogP contribution in [0.1, 0.15) is 29.8 Å². The normalized spacial score (nSPS) is 11.0. The molecule has 2 rings (SSSR count). The summed E-state index contributed by atoms with van der Waals surface area (Å²) in [7, 11) is 1.63. The van der Waals surface area contributed by atoms with Crippen molar-refractivity contribution in [3.05, 3.63) is 64.1 Å². The molecule has 1 N–H and O–H groups in total. The van der Waals surface area contributed by atoms with Crippen LogP contribution in [0, 0.1) is 0 Å². The monoisotopic (exact) mass is 347 g/mol. The van der Waals surface area contributed by atoms with Gasteiger partial charge < -0.3 is 10.1 Å². The standard InChI is InChI=1S/C17H18BrNO2/c1-17(2,13-7-9-15(21-3)10-8-13)19-16(20)12-5-4-6-14(18)11-12/h4-11H,1-3H3,(H,19,20). The molecule has 0 spiro atoms. The smallest absolute Gasteiger partial charge is 0.251 e. The predicted octanol–water partition coefficient (Wildman–Crippen LogP) is 4.12. The number of rotatable bonds is 4. The van der Waals surface area contributed by atoms with Crippen molar-refractivity contribution < 1.29 is 9.53 Å². The third kappa shape index (κ3) is 3.85. The quantitative estimate of drug-likeness (QED) is 0.903. The van der Waals surface area contributed by atoms with Gasteiger partial charge >= 0.3 is 0 Å². The largest absolute Gasteiger partial charge is 0.497 e. The van der Waals surface area contributed by atoms with Gasteiger partial charge in [0.2, 0.25) is 0 Å². The second kappa shape index (κ2) is 6.31. The summed E-state index contributed by atoms with van der Waals surface area (Å²) in [5.41, 5.74) is 1.18. The van der Waals surface area contributed by atoms with E-state index in [1.807, 2.05) is 50.2 Å². The molecule has 2 aromatic carbocycles. The third-order valence-corrected chi connectivity index (χ3v) is 3.82. The number of ether oxygens (including phenoxy) is 1. The summed E-state index contributed by atoms with van der Waals surface area (Å²) in [5, 5.41) is 3.05. The number of carbonyl (C=O) groups is 1. The van der Waals surface area contributed by atoms with E-state index in [2.05, 4.69) is 21.2 Å². The molecular formula is C17H18BrNO2. The zero-order chi connectivity index (χ0) is 15.5. The summed E-state index contributed by atoms with van der Waals surface area (Å²) in [6.07, 6.45) is 0. The Kier molecular flexibility index (Phi) is 4.68. The van der Waals surface area contributed by atoms with Gasteiger partial charge in [-0.05, 0) is 49.7 Å². The molecule has 0 aliphatic heterocycles. The summed E-state index contributed by atoms with van der Waals surface area (Å²) in [4.78, 5) is 12.4. The highest BCUT2D eigenvalue weighted by Gasteiger charge is 2.23. The van der Waals surface area contributed by atoms with E-state index in [9.17, 15) is 4.79 Å². The average molecular weight is 348 g/mol. The van der Waals surface area contributed by atoms with Crippen LogP contribution in [-0.4, -0.2) is 13.0 Å². The highest BCUT2D eigenvalue weighted by molar-refractivity contribution is 9.10. The van der Waals surface area contributed by atoms with E-state index in [0.717, 1.165) is 15.8 Å². The lowest BCUT2D eigenvalue weighted by Crippen LogP contribution is -2.40. The van der Waals surface area contributed by atoms with Crippen LogP contribution in [0.5, 0.6) is 5.75 Å². The minimum Gasteiger partial charge on any atom is -0.497 e. The fraction of sp³-hybridized carbons (Fsp3) is 0.235. The Hall–Kier alpha value is -1.81. The van der Waals surface area contributed by atoms with E-state index in [1.54, 1.807) is 19.2 Å². The molecule has 0 unspecified atom stereocenters. The van der Waals surface area contributed by atoms with Crippen molar-refractivity contribution in [2.24, 2.45) is 0 Å². The molecule has 3 nitrogen and oxygen atoms in total. The van der Waals surface area contributed by atoms with Crippen LogP contribution in [0.4, 0.5) is 0 Å². The van der Waals surface area contributed by atoms with Crippen LogP contribution in [0.2, 0.25) is 0 Å². The van der Waals surface area contributed by atoms with Gasteiger partial charge in [-0.25, -0.2) is 0 Å². The molecule has 0 fully saturated rings. The lowest BCUT2D eigenvalue weighted by molar-refractivity contribution is 0.0912. The number of hydrogen-bond donors (Lipinski definition) is 1. The molecule has 2 aromatic rings. The molecular weight excluding hydrogens is 330 g/mol. The first-order chi connectivity index (χ1) is 9.92.